The standard InChI is InChI=1S/C47H78O3/c48-45(41-33-23-19-15-11-7-3-1-5-9-13-17-21-27-35-43-37-29-25-30-38-43)47(50)46(49)42-34-24-20-16-12-8-4-2-6-10-14-18-22-28-36-44-39-31-26-32-40-44/h25-26,29-32,37-40,45-46,48-49H,1-24,27-28,33-36,41-42H2. The predicted octanol–water partition coefficient (Wildman–Crippen LogP) is 13.5. The highest BCUT2D eigenvalue weighted by molar-refractivity contribution is 5.86. The molecule has 0 aliphatic heterocycles. The Morgan fingerprint density at radius 3 is 0.820 bits per heavy atom. The smallest absolute Gasteiger partial charge is 0.189 e. The van der Waals surface area contributed by atoms with Crippen LogP contribution in [0.2, 0.25) is 0 Å². The Hall–Kier alpha value is -1.97. The second-order valence-corrected chi connectivity index (χ2v) is 15.4. The van der Waals surface area contributed by atoms with E-state index in [9.17, 15) is 15.0 Å². The van der Waals surface area contributed by atoms with E-state index in [0.717, 1.165) is 25.7 Å². The van der Waals surface area contributed by atoms with Crippen LogP contribution in [0.1, 0.15) is 204 Å². The summed E-state index contributed by atoms with van der Waals surface area (Å²) in [6, 6.07) is 21.7. The molecule has 2 aromatic carbocycles. The lowest BCUT2D eigenvalue weighted by Crippen LogP contribution is -2.32. The van der Waals surface area contributed by atoms with Gasteiger partial charge >= 0.3 is 0 Å². The van der Waals surface area contributed by atoms with E-state index < -0.39 is 12.2 Å². The number of hydrogen-bond acceptors (Lipinski definition) is 3. The molecule has 0 radical (unpaired) electrons. The van der Waals surface area contributed by atoms with Gasteiger partial charge in [-0.3, -0.25) is 4.79 Å². The zero-order chi connectivity index (χ0) is 35.6. The number of aryl methyl sites for hydroxylation is 2. The molecule has 2 N–H and O–H groups in total. The minimum absolute atomic E-state index is 0.357. The third-order valence-corrected chi connectivity index (χ3v) is 10.7. The Morgan fingerprint density at radius 1 is 0.340 bits per heavy atom. The summed E-state index contributed by atoms with van der Waals surface area (Å²) in [6.07, 6.45) is 37.4. The average molecular weight is 691 g/mol. The molecule has 3 heteroatoms. The first-order valence-corrected chi connectivity index (χ1v) is 21.6. The van der Waals surface area contributed by atoms with E-state index in [1.165, 1.54) is 178 Å². The van der Waals surface area contributed by atoms with Gasteiger partial charge in [-0.15, -0.1) is 0 Å². The number of benzene rings is 2. The van der Waals surface area contributed by atoms with Crippen LogP contribution >= 0.6 is 0 Å². The average Bonchev–Trinajstić information content (AvgIpc) is 3.14. The first-order chi connectivity index (χ1) is 24.7. The lowest BCUT2D eigenvalue weighted by atomic mass is 9.98. The van der Waals surface area contributed by atoms with Crippen molar-refractivity contribution >= 4 is 5.78 Å². The van der Waals surface area contributed by atoms with Crippen molar-refractivity contribution in [2.75, 3.05) is 0 Å². The molecule has 0 heterocycles. The topological polar surface area (TPSA) is 57.5 Å². The fraction of sp³-hybridized carbons (Fsp3) is 0.723. The van der Waals surface area contributed by atoms with Gasteiger partial charge in [0.15, 0.2) is 5.78 Å². The molecule has 0 aromatic heterocycles. The van der Waals surface area contributed by atoms with Crippen molar-refractivity contribution in [2.24, 2.45) is 0 Å². The van der Waals surface area contributed by atoms with Crippen LogP contribution in [0.5, 0.6) is 0 Å². The summed E-state index contributed by atoms with van der Waals surface area (Å²) in [4.78, 5) is 12.4. The van der Waals surface area contributed by atoms with Gasteiger partial charge in [0.25, 0.3) is 0 Å². The van der Waals surface area contributed by atoms with Crippen molar-refractivity contribution in [3.63, 3.8) is 0 Å². The summed E-state index contributed by atoms with van der Waals surface area (Å²) in [5.74, 6) is -0.357. The Morgan fingerprint density at radius 2 is 0.560 bits per heavy atom. The van der Waals surface area contributed by atoms with Gasteiger partial charge in [-0.1, -0.05) is 228 Å². The molecule has 0 saturated heterocycles. The van der Waals surface area contributed by atoms with Crippen molar-refractivity contribution in [1.82, 2.24) is 0 Å². The monoisotopic (exact) mass is 691 g/mol. The number of carbonyl (C=O) groups excluding carboxylic acids is 1. The molecule has 2 unspecified atom stereocenters. The van der Waals surface area contributed by atoms with Crippen LogP contribution in [0.25, 0.3) is 0 Å². The second-order valence-electron chi connectivity index (χ2n) is 15.4. The third kappa shape index (κ3) is 25.9. The van der Waals surface area contributed by atoms with Crippen LogP contribution in [0.4, 0.5) is 0 Å². The summed E-state index contributed by atoms with van der Waals surface area (Å²) in [5.41, 5.74) is 2.94. The largest absolute Gasteiger partial charge is 0.385 e. The fourth-order valence-electron chi connectivity index (χ4n) is 7.37. The van der Waals surface area contributed by atoms with E-state index >= 15 is 0 Å². The lowest BCUT2D eigenvalue weighted by molar-refractivity contribution is -0.136. The molecule has 0 amide bonds. The van der Waals surface area contributed by atoms with Crippen LogP contribution in [0.3, 0.4) is 0 Å². The maximum absolute atomic E-state index is 12.4. The highest BCUT2D eigenvalue weighted by Crippen LogP contribution is 2.17. The Labute approximate surface area is 309 Å². The number of Topliss-reactive ketones (excluding diaryl/α,β-unsaturated/α-hetero) is 1. The van der Waals surface area contributed by atoms with Crippen molar-refractivity contribution in [1.29, 1.82) is 0 Å². The molecule has 0 aliphatic carbocycles. The normalized spacial score (nSPS) is 12.7. The maximum atomic E-state index is 12.4. The second kappa shape index (κ2) is 32.9. The molecule has 284 valence electrons. The van der Waals surface area contributed by atoms with Gasteiger partial charge in [-0.25, -0.2) is 0 Å². The van der Waals surface area contributed by atoms with Gasteiger partial charge in [0.05, 0.1) is 0 Å². The number of carbonyl (C=O) groups is 1. The van der Waals surface area contributed by atoms with E-state index in [4.69, 9.17) is 0 Å². The Kier molecular flexibility index (Phi) is 29.1. The van der Waals surface area contributed by atoms with Crippen molar-refractivity contribution < 1.29 is 15.0 Å². The summed E-state index contributed by atoms with van der Waals surface area (Å²) in [5, 5.41) is 20.6. The van der Waals surface area contributed by atoms with E-state index in [0.29, 0.717) is 12.8 Å². The highest BCUT2D eigenvalue weighted by Gasteiger charge is 2.22. The van der Waals surface area contributed by atoms with Crippen LogP contribution in [0, 0.1) is 0 Å². The molecule has 0 fully saturated rings. The summed E-state index contributed by atoms with van der Waals surface area (Å²) < 4.78 is 0. The quantitative estimate of drug-likeness (QED) is 0.0700. The minimum atomic E-state index is -0.992. The van der Waals surface area contributed by atoms with Crippen molar-refractivity contribution in [3.05, 3.63) is 71.8 Å². The predicted molar refractivity (Wildman–Crippen MR) is 216 cm³/mol. The summed E-state index contributed by atoms with van der Waals surface area (Å²) in [6.45, 7) is 0. The number of aliphatic hydroxyl groups is 2. The van der Waals surface area contributed by atoms with E-state index in [-0.39, 0.29) is 5.78 Å². The first-order valence-electron chi connectivity index (χ1n) is 21.6. The zero-order valence-electron chi connectivity index (χ0n) is 32.4. The molecule has 2 rings (SSSR count). The van der Waals surface area contributed by atoms with E-state index in [1.54, 1.807) is 0 Å². The number of rotatable bonds is 36. The minimum Gasteiger partial charge on any atom is -0.385 e. The van der Waals surface area contributed by atoms with Gasteiger partial charge in [0.1, 0.15) is 12.2 Å². The number of unbranched alkanes of at least 4 members (excludes halogenated alkanes) is 26. The van der Waals surface area contributed by atoms with E-state index in [1.807, 2.05) is 0 Å². The molecule has 50 heavy (non-hydrogen) atoms. The number of ketones is 1. The molecule has 0 bridgehead atoms. The molecular weight excluding hydrogens is 613 g/mol. The maximum Gasteiger partial charge on any atom is 0.189 e. The van der Waals surface area contributed by atoms with Crippen molar-refractivity contribution in [2.45, 2.75) is 218 Å². The number of hydrogen-bond donors (Lipinski definition) is 2. The van der Waals surface area contributed by atoms with E-state index in [2.05, 4.69) is 60.7 Å². The molecule has 0 spiro atoms. The van der Waals surface area contributed by atoms with Crippen LogP contribution in [-0.4, -0.2) is 28.2 Å². The number of aliphatic hydroxyl groups excluding tert-OH is 2. The molecule has 0 aliphatic rings. The third-order valence-electron chi connectivity index (χ3n) is 10.7. The molecule has 2 atom stereocenters. The SMILES string of the molecule is O=C(C(O)CCCCCCCCCCCCCCCCc1ccccc1)C(O)CCCCCCCCCCCCCCCCc1ccccc1. The molecule has 3 nitrogen and oxygen atoms in total. The zero-order valence-corrected chi connectivity index (χ0v) is 32.4. The Balaban J connectivity index is 1.24. The van der Waals surface area contributed by atoms with Crippen LogP contribution in [-0.2, 0) is 17.6 Å². The van der Waals surface area contributed by atoms with Crippen LogP contribution < -0.4 is 0 Å². The first kappa shape index (κ1) is 44.2. The van der Waals surface area contributed by atoms with Gasteiger partial charge in [-0.05, 0) is 49.7 Å². The summed E-state index contributed by atoms with van der Waals surface area (Å²) >= 11 is 0. The van der Waals surface area contributed by atoms with Gasteiger partial charge in [0, 0.05) is 0 Å². The fourth-order valence-corrected chi connectivity index (χ4v) is 7.37. The lowest BCUT2D eigenvalue weighted by Gasteiger charge is -2.14. The van der Waals surface area contributed by atoms with Crippen LogP contribution in [0.15, 0.2) is 60.7 Å². The highest BCUT2D eigenvalue weighted by atomic mass is 16.3. The molecule has 2 aromatic rings. The van der Waals surface area contributed by atoms with Crippen molar-refractivity contribution in [3.8, 4) is 0 Å². The van der Waals surface area contributed by atoms with Gasteiger partial charge in [-0.2, -0.15) is 0 Å². The molecular formula is C47H78O3. The van der Waals surface area contributed by atoms with Gasteiger partial charge < -0.3 is 10.2 Å². The molecule has 0 saturated carbocycles. The Bertz CT molecular complexity index is 910. The summed E-state index contributed by atoms with van der Waals surface area (Å²) in [7, 11) is 0. The van der Waals surface area contributed by atoms with Gasteiger partial charge in [0.2, 0.25) is 0 Å².